The van der Waals surface area contributed by atoms with Crippen molar-refractivity contribution in [2.45, 2.75) is 17.7 Å². The van der Waals surface area contributed by atoms with Crippen LogP contribution in [0.3, 0.4) is 0 Å². The number of carbonyl (C=O) groups excluding carboxylic acids is 1. The van der Waals surface area contributed by atoms with E-state index in [2.05, 4.69) is 20.5 Å². The van der Waals surface area contributed by atoms with Crippen LogP contribution in [-0.2, 0) is 11.8 Å². The Labute approximate surface area is 142 Å². The zero-order chi connectivity index (χ0) is 16.9. The fourth-order valence-corrected chi connectivity index (χ4v) is 3.08. The number of thioether (sulfide) groups is 1. The molecule has 0 aromatic carbocycles. The van der Waals surface area contributed by atoms with E-state index >= 15 is 0 Å². The van der Waals surface area contributed by atoms with Crippen molar-refractivity contribution < 1.29 is 9.53 Å². The average molecular weight is 345 g/mol. The highest BCUT2D eigenvalue weighted by molar-refractivity contribution is 7.99. The number of carbonyl (C=O) groups is 1. The number of nitriles is 1. The number of amides is 1. The molecule has 1 aliphatic heterocycles. The van der Waals surface area contributed by atoms with Crippen molar-refractivity contribution >= 4 is 17.7 Å². The molecule has 3 rings (SSSR count). The topological polar surface area (TPSA) is 110 Å². The number of aromatic nitrogens is 5. The molecule has 1 atom stereocenters. The first-order chi connectivity index (χ1) is 11.7. The molecule has 1 unspecified atom stereocenters. The molecule has 2 aromatic heterocycles. The average Bonchev–Trinajstić information content (AvgIpc) is 3.22. The van der Waals surface area contributed by atoms with Crippen LogP contribution in [0.15, 0.2) is 23.5 Å². The standard InChI is InChI=1S/C14H15N7O2S/c1-20-14(17-18-19-20)24-9-13(22)21-5-3-11(8-21)23-12-6-10(7-15)2-4-16-12/h2,4,6,11H,3,5,8-9H2,1H3. The molecule has 1 fully saturated rings. The second-order valence-electron chi connectivity index (χ2n) is 5.24. The molecule has 2 aromatic rings. The minimum atomic E-state index is -0.114. The van der Waals surface area contributed by atoms with Crippen molar-refractivity contribution in [1.82, 2.24) is 30.1 Å². The minimum absolute atomic E-state index is 0.0211. The Morgan fingerprint density at radius 1 is 1.58 bits per heavy atom. The monoisotopic (exact) mass is 345 g/mol. The van der Waals surface area contributed by atoms with Gasteiger partial charge in [0.15, 0.2) is 0 Å². The van der Waals surface area contributed by atoms with Gasteiger partial charge in [0.25, 0.3) is 0 Å². The normalized spacial score (nSPS) is 16.8. The fourth-order valence-electron chi connectivity index (χ4n) is 2.33. The first-order valence-electron chi connectivity index (χ1n) is 7.31. The predicted octanol–water partition coefficient (Wildman–Crippen LogP) is 0.249. The summed E-state index contributed by atoms with van der Waals surface area (Å²) in [6, 6.07) is 5.27. The summed E-state index contributed by atoms with van der Waals surface area (Å²) in [7, 11) is 1.73. The Hall–Kier alpha value is -2.67. The molecule has 0 bridgehead atoms. The molecule has 0 spiro atoms. The van der Waals surface area contributed by atoms with Crippen LogP contribution in [0.25, 0.3) is 0 Å². The van der Waals surface area contributed by atoms with Crippen molar-refractivity contribution in [3.8, 4) is 11.9 Å². The summed E-state index contributed by atoms with van der Waals surface area (Å²) >= 11 is 1.31. The van der Waals surface area contributed by atoms with Gasteiger partial charge in [0.2, 0.25) is 16.9 Å². The molecule has 1 saturated heterocycles. The second-order valence-corrected chi connectivity index (χ2v) is 6.18. The Kier molecular flexibility index (Phi) is 4.90. The van der Waals surface area contributed by atoms with Crippen LogP contribution >= 0.6 is 11.8 Å². The number of pyridine rings is 1. The van der Waals surface area contributed by atoms with Crippen LogP contribution in [0.5, 0.6) is 5.88 Å². The molecule has 1 amide bonds. The zero-order valence-corrected chi connectivity index (χ0v) is 13.8. The third-order valence-electron chi connectivity index (χ3n) is 3.56. The molecule has 0 saturated carbocycles. The Morgan fingerprint density at radius 3 is 3.21 bits per heavy atom. The molecule has 1 aliphatic rings. The molecule has 10 heteroatoms. The van der Waals surface area contributed by atoms with E-state index in [1.165, 1.54) is 22.6 Å². The molecule has 0 aliphatic carbocycles. The van der Waals surface area contributed by atoms with Gasteiger partial charge >= 0.3 is 0 Å². The van der Waals surface area contributed by atoms with Gasteiger partial charge in [-0.3, -0.25) is 4.79 Å². The highest BCUT2D eigenvalue weighted by atomic mass is 32.2. The van der Waals surface area contributed by atoms with Crippen LogP contribution in [-0.4, -0.2) is 60.9 Å². The predicted molar refractivity (Wildman–Crippen MR) is 84.1 cm³/mol. The maximum Gasteiger partial charge on any atom is 0.233 e. The maximum atomic E-state index is 12.3. The lowest BCUT2D eigenvalue weighted by atomic mass is 10.3. The zero-order valence-electron chi connectivity index (χ0n) is 13.0. The lowest BCUT2D eigenvalue weighted by Gasteiger charge is -2.16. The van der Waals surface area contributed by atoms with Gasteiger partial charge in [-0.1, -0.05) is 11.8 Å². The van der Waals surface area contributed by atoms with Crippen molar-refractivity contribution in [2.75, 3.05) is 18.8 Å². The number of rotatable bonds is 5. The quantitative estimate of drug-likeness (QED) is 0.709. The van der Waals surface area contributed by atoms with Crippen molar-refractivity contribution in [1.29, 1.82) is 5.26 Å². The first kappa shape index (κ1) is 16.2. The van der Waals surface area contributed by atoms with Gasteiger partial charge in [0.05, 0.1) is 23.9 Å². The summed E-state index contributed by atoms with van der Waals surface area (Å²) in [4.78, 5) is 18.1. The lowest BCUT2D eigenvalue weighted by Crippen LogP contribution is -2.32. The van der Waals surface area contributed by atoms with E-state index in [1.807, 2.05) is 6.07 Å². The molecule has 0 radical (unpaired) electrons. The molecule has 3 heterocycles. The van der Waals surface area contributed by atoms with Crippen LogP contribution < -0.4 is 4.74 Å². The number of tetrazole rings is 1. The van der Waals surface area contributed by atoms with Gasteiger partial charge in [0, 0.05) is 32.3 Å². The highest BCUT2D eigenvalue weighted by Crippen LogP contribution is 2.19. The van der Waals surface area contributed by atoms with E-state index in [1.54, 1.807) is 24.1 Å². The third-order valence-corrected chi connectivity index (χ3v) is 4.55. The van der Waals surface area contributed by atoms with Crippen LogP contribution in [0.2, 0.25) is 0 Å². The number of ether oxygens (including phenoxy) is 1. The number of hydrogen-bond acceptors (Lipinski definition) is 8. The molecule has 124 valence electrons. The van der Waals surface area contributed by atoms with E-state index in [0.717, 1.165) is 6.42 Å². The van der Waals surface area contributed by atoms with Crippen LogP contribution in [0.4, 0.5) is 0 Å². The first-order valence-corrected chi connectivity index (χ1v) is 8.30. The summed E-state index contributed by atoms with van der Waals surface area (Å²) in [6.45, 7) is 1.15. The Balaban J connectivity index is 1.50. The number of aryl methyl sites for hydroxylation is 1. The van der Waals surface area contributed by atoms with Crippen LogP contribution in [0, 0.1) is 11.3 Å². The minimum Gasteiger partial charge on any atom is -0.472 e. The second kappa shape index (κ2) is 7.27. The van der Waals surface area contributed by atoms with E-state index in [-0.39, 0.29) is 17.8 Å². The van der Waals surface area contributed by atoms with Gasteiger partial charge in [-0.25, -0.2) is 9.67 Å². The molecule has 24 heavy (non-hydrogen) atoms. The molecule has 9 nitrogen and oxygen atoms in total. The number of nitrogens with zero attached hydrogens (tertiary/aromatic N) is 7. The molecular formula is C14H15N7O2S. The van der Waals surface area contributed by atoms with Gasteiger partial charge in [-0.15, -0.1) is 5.10 Å². The third kappa shape index (κ3) is 3.80. The Bertz CT molecular complexity index is 772. The SMILES string of the molecule is Cn1nnnc1SCC(=O)N1CCC(Oc2cc(C#N)ccn2)C1. The van der Waals surface area contributed by atoms with Gasteiger partial charge in [-0.2, -0.15) is 5.26 Å². The van der Waals surface area contributed by atoms with E-state index in [0.29, 0.717) is 29.7 Å². The largest absolute Gasteiger partial charge is 0.472 e. The van der Waals surface area contributed by atoms with Crippen molar-refractivity contribution in [3.63, 3.8) is 0 Å². The van der Waals surface area contributed by atoms with E-state index in [4.69, 9.17) is 10.00 Å². The van der Waals surface area contributed by atoms with Crippen LogP contribution in [0.1, 0.15) is 12.0 Å². The van der Waals surface area contributed by atoms with Gasteiger partial charge < -0.3 is 9.64 Å². The van der Waals surface area contributed by atoms with Crippen molar-refractivity contribution in [2.24, 2.45) is 7.05 Å². The molecular weight excluding hydrogens is 330 g/mol. The molecule has 0 N–H and O–H groups in total. The van der Waals surface area contributed by atoms with Crippen molar-refractivity contribution in [3.05, 3.63) is 23.9 Å². The summed E-state index contributed by atoms with van der Waals surface area (Å²) in [5.74, 6) is 0.712. The highest BCUT2D eigenvalue weighted by Gasteiger charge is 2.28. The lowest BCUT2D eigenvalue weighted by molar-refractivity contribution is -0.127. The van der Waals surface area contributed by atoms with E-state index in [9.17, 15) is 4.79 Å². The smallest absolute Gasteiger partial charge is 0.233 e. The summed E-state index contributed by atoms with van der Waals surface area (Å²) in [6.07, 6.45) is 2.16. The Morgan fingerprint density at radius 2 is 2.46 bits per heavy atom. The van der Waals surface area contributed by atoms with E-state index < -0.39 is 0 Å². The summed E-state index contributed by atoms with van der Waals surface area (Å²) < 4.78 is 7.30. The van der Waals surface area contributed by atoms with Gasteiger partial charge in [-0.05, 0) is 16.5 Å². The van der Waals surface area contributed by atoms with Gasteiger partial charge in [0.1, 0.15) is 6.10 Å². The number of likely N-dealkylation sites (tertiary alicyclic amines) is 1. The number of hydrogen-bond donors (Lipinski definition) is 0. The fraction of sp³-hybridized carbons (Fsp3) is 0.429. The maximum absolute atomic E-state index is 12.3. The summed E-state index contributed by atoms with van der Waals surface area (Å²) in [5.41, 5.74) is 0.500. The summed E-state index contributed by atoms with van der Waals surface area (Å²) in [5, 5.41) is 20.6.